The van der Waals surface area contributed by atoms with Crippen LogP contribution in [0.3, 0.4) is 0 Å². The molecular formula is C13H16FNO3. The Morgan fingerprint density at radius 2 is 2.17 bits per heavy atom. The molecule has 0 aliphatic carbocycles. The lowest BCUT2D eigenvalue weighted by atomic mass is 10.1. The van der Waals surface area contributed by atoms with Crippen LogP contribution in [0.2, 0.25) is 0 Å². The van der Waals surface area contributed by atoms with Crippen LogP contribution in [0, 0.1) is 11.7 Å². The Hall–Kier alpha value is -1.91. The van der Waals surface area contributed by atoms with Gasteiger partial charge in [0.2, 0.25) is 5.91 Å². The smallest absolute Gasteiger partial charge is 0.318 e. The monoisotopic (exact) mass is 253 g/mol. The number of ether oxygens (including phenoxy) is 1. The molecule has 0 saturated carbocycles. The van der Waals surface area contributed by atoms with Gasteiger partial charge in [-0.25, -0.2) is 4.39 Å². The van der Waals surface area contributed by atoms with Crippen molar-refractivity contribution < 1.29 is 18.7 Å². The van der Waals surface area contributed by atoms with E-state index in [2.05, 4.69) is 10.1 Å². The van der Waals surface area contributed by atoms with E-state index in [4.69, 9.17) is 0 Å². The molecule has 5 heteroatoms. The Labute approximate surface area is 105 Å². The van der Waals surface area contributed by atoms with E-state index in [1.165, 1.54) is 19.2 Å². The molecule has 1 atom stereocenters. The fourth-order valence-corrected chi connectivity index (χ4v) is 1.56. The van der Waals surface area contributed by atoms with Gasteiger partial charge in [-0.15, -0.1) is 0 Å². The van der Waals surface area contributed by atoms with Gasteiger partial charge in [-0.2, -0.15) is 0 Å². The van der Waals surface area contributed by atoms with E-state index in [1.807, 2.05) is 0 Å². The summed E-state index contributed by atoms with van der Waals surface area (Å²) in [6.07, 6.45) is 0.363. The van der Waals surface area contributed by atoms with Crippen molar-refractivity contribution in [3.05, 3.63) is 35.6 Å². The molecular weight excluding hydrogens is 237 g/mol. The molecule has 1 aromatic carbocycles. The molecule has 1 amide bonds. The van der Waals surface area contributed by atoms with Crippen LogP contribution < -0.4 is 5.32 Å². The zero-order chi connectivity index (χ0) is 13.5. The number of benzene rings is 1. The van der Waals surface area contributed by atoms with Crippen LogP contribution in [0.5, 0.6) is 0 Å². The highest BCUT2D eigenvalue weighted by atomic mass is 19.1. The summed E-state index contributed by atoms with van der Waals surface area (Å²) in [5.74, 6) is -2.15. The SMILES string of the molecule is CCC(C(=O)NCc1cccc(F)c1)C(=O)OC. The van der Waals surface area contributed by atoms with Gasteiger partial charge in [0, 0.05) is 6.54 Å². The van der Waals surface area contributed by atoms with Gasteiger partial charge in [0.05, 0.1) is 7.11 Å². The Balaban J connectivity index is 2.57. The van der Waals surface area contributed by atoms with Gasteiger partial charge < -0.3 is 10.1 Å². The van der Waals surface area contributed by atoms with Crippen molar-refractivity contribution in [2.75, 3.05) is 7.11 Å². The van der Waals surface area contributed by atoms with Crippen LogP contribution in [0.25, 0.3) is 0 Å². The number of rotatable bonds is 5. The maximum atomic E-state index is 12.9. The molecule has 98 valence electrons. The summed E-state index contributed by atoms with van der Waals surface area (Å²) in [5, 5.41) is 2.59. The first-order chi connectivity index (χ1) is 8.58. The fraction of sp³-hybridized carbons (Fsp3) is 0.385. The van der Waals surface area contributed by atoms with Crippen molar-refractivity contribution in [1.29, 1.82) is 0 Å². The molecule has 0 aliphatic heterocycles. The van der Waals surface area contributed by atoms with Gasteiger partial charge in [0.1, 0.15) is 11.7 Å². The highest BCUT2D eigenvalue weighted by molar-refractivity contribution is 5.97. The first-order valence-corrected chi connectivity index (χ1v) is 5.68. The van der Waals surface area contributed by atoms with Gasteiger partial charge in [-0.3, -0.25) is 9.59 Å². The molecule has 1 unspecified atom stereocenters. The molecule has 1 aromatic rings. The summed E-state index contributed by atoms with van der Waals surface area (Å²) >= 11 is 0. The maximum Gasteiger partial charge on any atom is 0.318 e. The number of nitrogens with one attached hydrogen (secondary N) is 1. The van der Waals surface area contributed by atoms with Crippen LogP contribution >= 0.6 is 0 Å². The first-order valence-electron chi connectivity index (χ1n) is 5.68. The highest BCUT2D eigenvalue weighted by Gasteiger charge is 2.25. The van der Waals surface area contributed by atoms with E-state index in [1.54, 1.807) is 19.1 Å². The van der Waals surface area contributed by atoms with Gasteiger partial charge in [-0.1, -0.05) is 19.1 Å². The third-order valence-corrected chi connectivity index (χ3v) is 2.57. The second-order valence-electron chi connectivity index (χ2n) is 3.83. The van der Waals surface area contributed by atoms with Gasteiger partial charge in [-0.05, 0) is 24.1 Å². The standard InChI is InChI=1S/C13H16FNO3/c1-3-11(13(17)18-2)12(16)15-8-9-5-4-6-10(14)7-9/h4-7,11H,3,8H2,1-2H3,(H,15,16). The fourth-order valence-electron chi connectivity index (χ4n) is 1.56. The predicted molar refractivity (Wildman–Crippen MR) is 64.0 cm³/mol. The molecule has 1 N–H and O–H groups in total. The highest BCUT2D eigenvalue weighted by Crippen LogP contribution is 2.07. The lowest BCUT2D eigenvalue weighted by molar-refractivity contribution is -0.150. The van der Waals surface area contributed by atoms with Crippen LogP contribution in [-0.4, -0.2) is 19.0 Å². The maximum absolute atomic E-state index is 12.9. The molecule has 0 fully saturated rings. The number of amides is 1. The number of esters is 1. The molecule has 0 aromatic heterocycles. The van der Waals surface area contributed by atoms with Crippen molar-refractivity contribution in [1.82, 2.24) is 5.32 Å². The van der Waals surface area contributed by atoms with Crippen molar-refractivity contribution in [2.24, 2.45) is 5.92 Å². The Kier molecular flexibility index (Phi) is 5.30. The quantitative estimate of drug-likeness (QED) is 0.641. The molecule has 0 spiro atoms. The van der Waals surface area contributed by atoms with Crippen LogP contribution in [0.15, 0.2) is 24.3 Å². The van der Waals surface area contributed by atoms with Gasteiger partial charge in [0.15, 0.2) is 0 Å². The molecule has 18 heavy (non-hydrogen) atoms. The van der Waals surface area contributed by atoms with Crippen LogP contribution in [-0.2, 0) is 20.9 Å². The summed E-state index contributed by atoms with van der Waals surface area (Å²) in [5.41, 5.74) is 0.642. The minimum atomic E-state index is -0.816. The van der Waals surface area contributed by atoms with Gasteiger partial charge >= 0.3 is 5.97 Å². The zero-order valence-electron chi connectivity index (χ0n) is 10.4. The van der Waals surface area contributed by atoms with E-state index in [-0.39, 0.29) is 12.4 Å². The largest absolute Gasteiger partial charge is 0.468 e. The summed E-state index contributed by atoms with van der Waals surface area (Å²) in [4.78, 5) is 23.0. The van der Waals surface area contributed by atoms with Crippen molar-refractivity contribution in [3.63, 3.8) is 0 Å². The first kappa shape index (κ1) is 14.2. The minimum Gasteiger partial charge on any atom is -0.468 e. The average molecular weight is 253 g/mol. The molecule has 1 rings (SSSR count). The number of halogens is 1. The molecule has 4 nitrogen and oxygen atoms in total. The summed E-state index contributed by atoms with van der Waals surface area (Å²) in [7, 11) is 1.24. The summed E-state index contributed by atoms with van der Waals surface area (Å²) < 4.78 is 17.4. The van der Waals surface area contributed by atoms with Gasteiger partial charge in [0.25, 0.3) is 0 Å². The summed E-state index contributed by atoms with van der Waals surface area (Å²) in [6, 6.07) is 5.92. The van der Waals surface area contributed by atoms with E-state index in [0.717, 1.165) is 0 Å². The topological polar surface area (TPSA) is 55.4 Å². The Morgan fingerprint density at radius 1 is 1.44 bits per heavy atom. The molecule has 0 radical (unpaired) electrons. The summed E-state index contributed by atoms with van der Waals surface area (Å²) in [6.45, 7) is 1.91. The second kappa shape index (κ2) is 6.74. The number of carbonyl (C=O) groups is 2. The third-order valence-electron chi connectivity index (χ3n) is 2.57. The second-order valence-corrected chi connectivity index (χ2v) is 3.83. The number of hydrogen-bond acceptors (Lipinski definition) is 3. The van der Waals surface area contributed by atoms with Crippen molar-refractivity contribution in [2.45, 2.75) is 19.9 Å². The molecule has 0 bridgehead atoms. The minimum absolute atomic E-state index is 0.185. The lowest BCUT2D eigenvalue weighted by Crippen LogP contribution is -2.35. The van der Waals surface area contributed by atoms with Crippen LogP contribution in [0.4, 0.5) is 4.39 Å². The average Bonchev–Trinajstić information content (AvgIpc) is 2.37. The third kappa shape index (κ3) is 3.84. The molecule has 0 heterocycles. The van der Waals surface area contributed by atoms with Crippen molar-refractivity contribution in [3.8, 4) is 0 Å². The van der Waals surface area contributed by atoms with E-state index in [0.29, 0.717) is 12.0 Å². The Bertz CT molecular complexity index is 434. The Morgan fingerprint density at radius 3 is 2.72 bits per heavy atom. The number of carbonyl (C=O) groups excluding carboxylic acids is 2. The predicted octanol–water partition coefficient (Wildman–Crippen LogP) is 1.64. The van der Waals surface area contributed by atoms with E-state index in [9.17, 15) is 14.0 Å². The number of hydrogen-bond donors (Lipinski definition) is 1. The van der Waals surface area contributed by atoms with E-state index < -0.39 is 17.8 Å². The lowest BCUT2D eigenvalue weighted by Gasteiger charge is -2.12. The zero-order valence-corrected chi connectivity index (χ0v) is 10.4. The van der Waals surface area contributed by atoms with E-state index >= 15 is 0 Å². The normalized spacial score (nSPS) is 11.7. The molecule has 0 saturated heterocycles. The van der Waals surface area contributed by atoms with Crippen LogP contribution in [0.1, 0.15) is 18.9 Å². The molecule has 0 aliphatic rings. The van der Waals surface area contributed by atoms with Crippen molar-refractivity contribution >= 4 is 11.9 Å². The number of methoxy groups -OCH3 is 1.